The molecule has 6 aliphatic rings. The number of sulfonamides is 1. The van der Waals surface area contributed by atoms with Crippen LogP contribution in [0, 0.1) is 56.7 Å². The van der Waals surface area contributed by atoms with E-state index in [0.29, 0.717) is 48.0 Å². The molecule has 6 aliphatic carbocycles. The number of hydrogen-bond acceptors (Lipinski definition) is 5. The fourth-order valence-electron chi connectivity index (χ4n) is 13.6. The number of rotatable bonds is 9. The highest BCUT2D eigenvalue weighted by Crippen LogP contribution is 2.77. The van der Waals surface area contributed by atoms with Gasteiger partial charge in [-0.05, 0) is 157 Å². The number of carboxylic acid groups (broad SMARTS) is 1. The standard InChI is InChI=1S/C42H60N2O5S/c1-26(2)30-16-21-42(25-43-24-35(45)44-50(48,49)29-12-13-29)23-22-40(6)32(36(30)42)14-15-34-39(5)19-17-31(27-8-10-28(11-9-27)37(46)47)38(3,4)33(39)18-20-41(34,40)7/h8-11,17,29-30,32-34,36,43H,1,12-16,18-25H2,2-7H3,(H,44,45)(H,46,47)/t30-,32+,33-,34+,36+,39-,40+,41+,42+/m0/s1. The fourth-order valence-corrected chi connectivity index (χ4v) is 14.9. The SMILES string of the molecule is C=C(C)[C@@H]1CC[C@]2(CNCC(=O)NS(=O)(=O)C3CC3)CC[C@]3(C)[C@H](CC[C@@H]4[C@@]5(C)CC=C(c6ccc(C(=O)O)cc6)C(C)(C)[C@@H]5CC[C@]43C)[C@@H]12. The minimum absolute atomic E-state index is 0.0228. The van der Waals surface area contributed by atoms with Gasteiger partial charge in [-0.3, -0.25) is 9.52 Å². The van der Waals surface area contributed by atoms with Crippen LogP contribution in [0.2, 0.25) is 0 Å². The summed E-state index contributed by atoms with van der Waals surface area (Å²) in [5.41, 5.74) is 4.81. The number of carbonyl (C=O) groups excluding carboxylic acids is 1. The molecule has 274 valence electrons. The van der Waals surface area contributed by atoms with Crippen molar-refractivity contribution in [2.24, 2.45) is 56.7 Å². The third-order valence-electron chi connectivity index (χ3n) is 16.2. The number of carbonyl (C=O) groups is 2. The molecule has 0 spiro atoms. The summed E-state index contributed by atoms with van der Waals surface area (Å²) in [6.45, 7) is 20.3. The summed E-state index contributed by atoms with van der Waals surface area (Å²) in [4.78, 5) is 24.3. The molecule has 3 N–H and O–H groups in total. The van der Waals surface area contributed by atoms with E-state index in [0.717, 1.165) is 37.8 Å². The Bertz CT molecular complexity index is 1710. The van der Waals surface area contributed by atoms with Crippen LogP contribution >= 0.6 is 0 Å². The van der Waals surface area contributed by atoms with Gasteiger partial charge < -0.3 is 10.4 Å². The third-order valence-corrected chi connectivity index (χ3v) is 18.1. The molecule has 5 saturated carbocycles. The molecule has 50 heavy (non-hydrogen) atoms. The second-order valence-corrected chi connectivity index (χ2v) is 20.8. The topological polar surface area (TPSA) is 113 Å². The smallest absolute Gasteiger partial charge is 0.335 e. The Labute approximate surface area is 300 Å². The lowest BCUT2D eigenvalue weighted by Crippen LogP contribution is -2.66. The lowest BCUT2D eigenvalue weighted by molar-refractivity contribution is -0.225. The molecule has 7 rings (SSSR count). The van der Waals surface area contributed by atoms with E-state index in [9.17, 15) is 23.1 Å². The molecule has 0 bridgehead atoms. The van der Waals surface area contributed by atoms with Crippen molar-refractivity contribution in [3.8, 4) is 0 Å². The van der Waals surface area contributed by atoms with Gasteiger partial charge in [0.05, 0.1) is 17.4 Å². The molecule has 0 unspecified atom stereocenters. The van der Waals surface area contributed by atoms with Gasteiger partial charge in [0.15, 0.2) is 0 Å². The Morgan fingerprint density at radius 1 is 0.880 bits per heavy atom. The Balaban J connectivity index is 1.14. The second-order valence-electron chi connectivity index (χ2n) is 18.8. The summed E-state index contributed by atoms with van der Waals surface area (Å²) in [6.07, 6.45) is 14.3. The van der Waals surface area contributed by atoms with Crippen LogP contribution in [0.3, 0.4) is 0 Å². The van der Waals surface area contributed by atoms with Gasteiger partial charge in [0.1, 0.15) is 0 Å². The van der Waals surface area contributed by atoms with E-state index in [4.69, 9.17) is 0 Å². The molecule has 7 nitrogen and oxygen atoms in total. The average molecular weight is 705 g/mol. The Morgan fingerprint density at radius 2 is 1.58 bits per heavy atom. The minimum atomic E-state index is -3.54. The van der Waals surface area contributed by atoms with Gasteiger partial charge in [0.25, 0.3) is 0 Å². The van der Waals surface area contributed by atoms with E-state index < -0.39 is 27.1 Å². The van der Waals surface area contributed by atoms with Crippen LogP contribution in [-0.2, 0) is 14.8 Å². The van der Waals surface area contributed by atoms with Crippen molar-refractivity contribution in [3.63, 3.8) is 0 Å². The van der Waals surface area contributed by atoms with E-state index in [2.05, 4.69) is 64.2 Å². The minimum Gasteiger partial charge on any atom is -0.478 e. The van der Waals surface area contributed by atoms with Gasteiger partial charge in [-0.25, -0.2) is 13.2 Å². The molecule has 9 atom stereocenters. The lowest BCUT2D eigenvalue weighted by Gasteiger charge is -2.72. The van der Waals surface area contributed by atoms with E-state index in [1.54, 1.807) is 12.1 Å². The highest BCUT2D eigenvalue weighted by atomic mass is 32.2. The van der Waals surface area contributed by atoms with E-state index >= 15 is 0 Å². The number of benzene rings is 1. The number of carboxylic acids is 1. The van der Waals surface area contributed by atoms with E-state index in [1.807, 2.05) is 12.1 Å². The number of allylic oxidation sites excluding steroid dienone is 3. The van der Waals surface area contributed by atoms with Crippen molar-refractivity contribution in [1.82, 2.24) is 10.0 Å². The number of hydrogen-bond donors (Lipinski definition) is 3. The van der Waals surface area contributed by atoms with Crippen molar-refractivity contribution < 1.29 is 23.1 Å². The predicted octanol–water partition coefficient (Wildman–Crippen LogP) is 8.23. The van der Waals surface area contributed by atoms with Crippen LogP contribution < -0.4 is 10.0 Å². The van der Waals surface area contributed by atoms with Crippen LogP contribution in [0.25, 0.3) is 5.57 Å². The average Bonchev–Trinajstić information content (AvgIpc) is 3.83. The monoisotopic (exact) mass is 704 g/mol. The molecule has 5 fully saturated rings. The van der Waals surface area contributed by atoms with Crippen LogP contribution in [0.15, 0.2) is 42.5 Å². The second kappa shape index (κ2) is 12.0. The van der Waals surface area contributed by atoms with Crippen molar-refractivity contribution in [1.29, 1.82) is 0 Å². The maximum Gasteiger partial charge on any atom is 0.335 e. The molecule has 1 aromatic rings. The molecule has 1 aromatic carbocycles. The molecule has 1 amide bonds. The first-order chi connectivity index (χ1) is 23.4. The number of fused-ring (bicyclic) bond motifs is 7. The lowest BCUT2D eigenvalue weighted by atomic mass is 9.32. The first-order valence-electron chi connectivity index (χ1n) is 19.3. The zero-order valence-corrected chi connectivity index (χ0v) is 32.1. The van der Waals surface area contributed by atoms with Crippen LogP contribution in [-0.4, -0.2) is 43.7 Å². The summed E-state index contributed by atoms with van der Waals surface area (Å²) in [6, 6.07) is 7.50. The largest absolute Gasteiger partial charge is 0.478 e. The Hall–Kier alpha value is -2.45. The van der Waals surface area contributed by atoms with E-state index in [-0.39, 0.29) is 33.6 Å². The van der Waals surface area contributed by atoms with Crippen molar-refractivity contribution in [3.05, 3.63) is 53.6 Å². The number of amides is 1. The van der Waals surface area contributed by atoms with Gasteiger partial charge >= 0.3 is 5.97 Å². The van der Waals surface area contributed by atoms with Crippen molar-refractivity contribution in [2.75, 3.05) is 13.1 Å². The maximum absolute atomic E-state index is 12.7. The fraction of sp³-hybridized carbons (Fsp3) is 0.714. The molecule has 0 heterocycles. The van der Waals surface area contributed by atoms with Crippen LogP contribution in [0.1, 0.15) is 128 Å². The van der Waals surface area contributed by atoms with Gasteiger partial charge in [-0.2, -0.15) is 0 Å². The highest BCUT2D eigenvalue weighted by Gasteiger charge is 2.70. The van der Waals surface area contributed by atoms with E-state index in [1.165, 1.54) is 43.3 Å². The summed E-state index contributed by atoms with van der Waals surface area (Å²) < 4.78 is 27.1. The third kappa shape index (κ3) is 5.39. The highest BCUT2D eigenvalue weighted by molar-refractivity contribution is 7.90. The quantitative estimate of drug-likeness (QED) is 0.223. The number of aromatic carboxylic acids is 1. The zero-order chi connectivity index (χ0) is 36.1. The van der Waals surface area contributed by atoms with Crippen LogP contribution in [0.5, 0.6) is 0 Å². The molecule has 0 radical (unpaired) electrons. The normalized spacial score (nSPS) is 40.4. The maximum atomic E-state index is 12.7. The van der Waals surface area contributed by atoms with Crippen LogP contribution in [0.4, 0.5) is 0 Å². The molecule has 0 aromatic heterocycles. The predicted molar refractivity (Wildman–Crippen MR) is 199 cm³/mol. The molecule has 8 heteroatoms. The molecular weight excluding hydrogens is 645 g/mol. The Kier molecular flexibility index (Phi) is 8.65. The molecule has 0 aliphatic heterocycles. The first kappa shape index (κ1) is 35.9. The van der Waals surface area contributed by atoms with Crippen molar-refractivity contribution in [2.45, 2.75) is 117 Å². The van der Waals surface area contributed by atoms with Gasteiger partial charge in [0, 0.05) is 6.54 Å². The summed E-state index contributed by atoms with van der Waals surface area (Å²) >= 11 is 0. The Morgan fingerprint density at radius 3 is 2.22 bits per heavy atom. The van der Waals surface area contributed by atoms with Gasteiger partial charge in [-0.1, -0.05) is 65.0 Å². The zero-order valence-electron chi connectivity index (χ0n) is 31.2. The van der Waals surface area contributed by atoms with Gasteiger partial charge in [-0.15, -0.1) is 0 Å². The molecular formula is C42H60N2O5S. The first-order valence-corrected chi connectivity index (χ1v) is 20.9. The summed E-state index contributed by atoms with van der Waals surface area (Å²) in [7, 11) is -3.54. The van der Waals surface area contributed by atoms with Crippen molar-refractivity contribution >= 4 is 27.5 Å². The number of nitrogens with one attached hydrogen (secondary N) is 2. The summed E-state index contributed by atoms with van der Waals surface area (Å²) in [5, 5.41) is 12.5. The van der Waals surface area contributed by atoms with Gasteiger partial charge in [0.2, 0.25) is 15.9 Å². The molecule has 0 saturated heterocycles. The summed E-state index contributed by atoms with van der Waals surface area (Å²) in [5.74, 6) is 1.41.